The van der Waals surface area contributed by atoms with Crippen molar-refractivity contribution >= 4 is 19.7 Å². The number of hydrogen-bond acceptors (Lipinski definition) is 6. The molecule has 0 fully saturated rings. The summed E-state index contributed by atoms with van der Waals surface area (Å²) >= 11 is 0. The molecule has 0 saturated heterocycles. The van der Waals surface area contributed by atoms with Crippen LogP contribution in [0.4, 0.5) is 0 Å². The van der Waals surface area contributed by atoms with E-state index in [2.05, 4.69) is 14.7 Å². The first-order valence-corrected chi connectivity index (χ1v) is 7.63. The normalized spacial score (nSPS) is 11.5. The van der Waals surface area contributed by atoms with Crippen LogP contribution in [0.5, 0.6) is 5.75 Å². The molecule has 0 bridgehead atoms. The van der Waals surface area contributed by atoms with Gasteiger partial charge in [0.1, 0.15) is 5.75 Å². The van der Waals surface area contributed by atoms with Crippen molar-refractivity contribution in [2.75, 3.05) is 0 Å². The first-order valence-electron chi connectivity index (χ1n) is 5.32. The molecule has 6 nitrogen and oxygen atoms in total. The van der Waals surface area contributed by atoms with E-state index >= 15 is 0 Å². The van der Waals surface area contributed by atoms with Gasteiger partial charge in [-0.1, -0.05) is 5.16 Å². The summed E-state index contributed by atoms with van der Waals surface area (Å²) in [5, 5.41) is 3.60. The van der Waals surface area contributed by atoms with Gasteiger partial charge in [0.2, 0.25) is 12.2 Å². The van der Waals surface area contributed by atoms with Crippen molar-refractivity contribution in [2.24, 2.45) is 0 Å². The SMILES string of the molecule is Cc1cc(OCc2ncon2)cc(C)c1S(=O)(=O)Cl. The van der Waals surface area contributed by atoms with Crippen LogP contribution in [-0.4, -0.2) is 18.6 Å². The Morgan fingerprint density at radius 1 is 1.32 bits per heavy atom. The van der Waals surface area contributed by atoms with E-state index in [0.717, 1.165) is 0 Å². The maximum Gasteiger partial charge on any atom is 0.261 e. The third-order valence-electron chi connectivity index (χ3n) is 2.45. The zero-order chi connectivity index (χ0) is 14.0. The molecular weight excluding hydrogens is 292 g/mol. The highest BCUT2D eigenvalue weighted by atomic mass is 35.7. The second-order valence-electron chi connectivity index (χ2n) is 3.96. The Kier molecular flexibility index (Phi) is 3.77. The molecule has 1 heterocycles. The fourth-order valence-electron chi connectivity index (χ4n) is 1.78. The van der Waals surface area contributed by atoms with Crippen molar-refractivity contribution < 1.29 is 17.7 Å². The first kappa shape index (κ1) is 13.8. The molecule has 0 radical (unpaired) electrons. The topological polar surface area (TPSA) is 82.3 Å². The lowest BCUT2D eigenvalue weighted by molar-refractivity contribution is 0.286. The van der Waals surface area contributed by atoms with Crippen molar-refractivity contribution in [1.29, 1.82) is 0 Å². The Morgan fingerprint density at radius 2 is 1.95 bits per heavy atom. The van der Waals surface area contributed by atoms with Gasteiger partial charge in [0.25, 0.3) is 9.05 Å². The average Bonchev–Trinajstić information content (AvgIpc) is 2.76. The molecule has 0 amide bonds. The zero-order valence-corrected chi connectivity index (χ0v) is 11.8. The maximum absolute atomic E-state index is 11.4. The molecule has 2 aromatic rings. The number of nitrogens with zero attached hydrogens (tertiary/aromatic N) is 2. The molecular formula is C11H11ClN2O4S. The van der Waals surface area contributed by atoms with Crippen LogP contribution in [0.25, 0.3) is 0 Å². The summed E-state index contributed by atoms with van der Waals surface area (Å²) < 4.78 is 32.9. The summed E-state index contributed by atoms with van der Waals surface area (Å²) in [6, 6.07) is 3.20. The van der Waals surface area contributed by atoms with Crippen LogP contribution < -0.4 is 4.74 Å². The van der Waals surface area contributed by atoms with E-state index in [0.29, 0.717) is 22.7 Å². The molecule has 0 spiro atoms. The Bertz CT molecular complexity index is 660. The van der Waals surface area contributed by atoms with E-state index in [4.69, 9.17) is 15.4 Å². The summed E-state index contributed by atoms with van der Waals surface area (Å²) in [5.41, 5.74) is 1.05. The van der Waals surface area contributed by atoms with Gasteiger partial charge in [-0.15, -0.1) is 0 Å². The molecule has 0 unspecified atom stereocenters. The van der Waals surface area contributed by atoms with Crippen LogP contribution in [0.15, 0.2) is 27.9 Å². The molecule has 8 heteroatoms. The van der Waals surface area contributed by atoms with E-state index in [-0.39, 0.29) is 11.5 Å². The van der Waals surface area contributed by atoms with E-state index in [1.807, 2.05) is 0 Å². The molecule has 0 aliphatic heterocycles. The largest absolute Gasteiger partial charge is 0.485 e. The van der Waals surface area contributed by atoms with Gasteiger partial charge in [-0.2, -0.15) is 4.98 Å². The van der Waals surface area contributed by atoms with Crippen LogP contribution >= 0.6 is 10.7 Å². The van der Waals surface area contributed by atoms with Crippen molar-refractivity contribution in [3.8, 4) is 5.75 Å². The fraction of sp³-hybridized carbons (Fsp3) is 0.273. The third kappa shape index (κ3) is 3.24. The first-order chi connectivity index (χ1) is 8.88. The van der Waals surface area contributed by atoms with Gasteiger partial charge in [0, 0.05) is 10.7 Å². The molecule has 1 aromatic carbocycles. The number of aromatic nitrogens is 2. The van der Waals surface area contributed by atoms with Gasteiger partial charge in [-0.05, 0) is 37.1 Å². The smallest absolute Gasteiger partial charge is 0.261 e. The summed E-state index contributed by atoms with van der Waals surface area (Å²) in [6.45, 7) is 3.45. The lowest BCUT2D eigenvalue weighted by Gasteiger charge is -2.10. The van der Waals surface area contributed by atoms with Crippen molar-refractivity contribution in [2.45, 2.75) is 25.3 Å². The highest BCUT2D eigenvalue weighted by Crippen LogP contribution is 2.28. The lowest BCUT2D eigenvalue weighted by Crippen LogP contribution is -2.02. The number of aryl methyl sites for hydroxylation is 2. The predicted octanol–water partition coefficient (Wildman–Crippen LogP) is 2.19. The van der Waals surface area contributed by atoms with Crippen molar-refractivity contribution in [3.63, 3.8) is 0 Å². The van der Waals surface area contributed by atoms with Gasteiger partial charge in [0.15, 0.2) is 6.61 Å². The van der Waals surface area contributed by atoms with Gasteiger partial charge in [-0.3, -0.25) is 0 Å². The lowest BCUT2D eigenvalue weighted by atomic mass is 10.1. The zero-order valence-electron chi connectivity index (χ0n) is 10.3. The summed E-state index contributed by atoms with van der Waals surface area (Å²) in [4.78, 5) is 3.93. The Balaban J connectivity index is 2.25. The monoisotopic (exact) mass is 302 g/mol. The minimum atomic E-state index is -3.76. The standard InChI is InChI=1S/C11H11ClN2O4S/c1-7-3-9(17-5-10-13-6-18-14-10)4-8(2)11(7)19(12,15)16/h3-4,6H,5H2,1-2H3. The second-order valence-corrected chi connectivity index (χ2v) is 6.46. The Labute approximate surface area is 114 Å². The van der Waals surface area contributed by atoms with Gasteiger partial charge in [-0.25, -0.2) is 8.42 Å². The van der Waals surface area contributed by atoms with Crippen LogP contribution in [0, 0.1) is 13.8 Å². The van der Waals surface area contributed by atoms with Crippen molar-refractivity contribution in [1.82, 2.24) is 10.1 Å². The molecule has 1 aromatic heterocycles. The molecule has 102 valence electrons. The quantitative estimate of drug-likeness (QED) is 0.805. The van der Waals surface area contributed by atoms with Crippen LogP contribution in [0.1, 0.15) is 17.0 Å². The highest BCUT2D eigenvalue weighted by molar-refractivity contribution is 8.13. The molecule has 0 aliphatic carbocycles. The summed E-state index contributed by atoms with van der Waals surface area (Å²) in [6.07, 6.45) is 1.21. The molecule has 0 aliphatic rings. The molecule has 0 atom stereocenters. The number of rotatable bonds is 4. The Morgan fingerprint density at radius 3 is 2.42 bits per heavy atom. The van der Waals surface area contributed by atoms with Gasteiger partial charge >= 0.3 is 0 Å². The number of halogens is 1. The molecule has 0 saturated carbocycles. The minimum Gasteiger partial charge on any atom is -0.485 e. The van der Waals surface area contributed by atoms with Crippen LogP contribution in [-0.2, 0) is 15.7 Å². The third-order valence-corrected chi connectivity index (χ3v) is 4.05. The van der Waals surface area contributed by atoms with Gasteiger partial charge < -0.3 is 9.26 Å². The van der Waals surface area contributed by atoms with E-state index < -0.39 is 9.05 Å². The molecule has 2 rings (SSSR count). The summed E-state index contributed by atoms with van der Waals surface area (Å²) in [5.74, 6) is 0.924. The van der Waals surface area contributed by atoms with Crippen LogP contribution in [0.3, 0.4) is 0 Å². The Hall–Kier alpha value is -1.60. The minimum absolute atomic E-state index is 0.112. The van der Waals surface area contributed by atoms with Crippen molar-refractivity contribution in [3.05, 3.63) is 35.5 Å². The predicted molar refractivity (Wildman–Crippen MR) is 67.6 cm³/mol. The maximum atomic E-state index is 11.4. The average molecular weight is 303 g/mol. The second kappa shape index (κ2) is 5.18. The fourth-order valence-corrected chi connectivity index (χ4v) is 3.40. The summed E-state index contributed by atoms with van der Waals surface area (Å²) in [7, 11) is 1.62. The molecule has 19 heavy (non-hydrogen) atoms. The van der Waals surface area contributed by atoms with Crippen LogP contribution in [0.2, 0.25) is 0 Å². The van der Waals surface area contributed by atoms with E-state index in [1.54, 1.807) is 26.0 Å². The molecule has 0 N–H and O–H groups in total. The number of hydrogen-bond donors (Lipinski definition) is 0. The number of benzene rings is 1. The van der Waals surface area contributed by atoms with E-state index in [1.165, 1.54) is 6.39 Å². The van der Waals surface area contributed by atoms with E-state index in [9.17, 15) is 8.42 Å². The highest BCUT2D eigenvalue weighted by Gasteiger charge is 2.17. The van der Waals surface area contributed by atoms with Gasteiger partial charge in [0.05, 0.1) is 4.90 Å². The number of ether oxygens (including phenoxy) is 1.